The molecule has 0 spiro atoms. The Labute approximate surface area is 68.2 Å². The van der Waals surface area contributed by atoms with E-state index in [1.807, 2.05) is 19.1 Å². The molecule has 0 aliphatic rings. The van der Waals surface area contributed by atoms with Crippen molar-refractivity contribution in [1.82, 2.24) is 0 Å². The van der Waals surface area contributed by atoms with E-state index in [1.54, 1.807) is 12.3 Å². The molecule has 58 valence electrons. The maximum absolute atomic E-state index is 3.79. The van der Waals surface area contributed by atoms with Crippen molar-refractivity contribution < 1.29 is 0 Å². The van der Waals surface area contributed by atoms with E-state index in [2.05, 4.69) is 24.9 Å². The molecule has 0 radical (unpaired) electrons. The summed E-state index contributed by atoms with van der Waals surface area (Å²) < 4.78 is 0. The Bertz CT molecular complexity index is 219. The fraction of sp³-hybridized carbons (Fsp3) is 0.100. The van der Waals surface area contributed by atoms with E-state index in [0.717, 1.165) is 11.1 Å². The summed E-state index contributed by atoms with van der Waals surface area (Å²) in [5.74, 6) is 0. The minimum Gasteiger partial charge on any atom is -0.272 e. The lowest BCUT2D eigenvalue weighted by Gasteiger charge is -1.95. The fourth-order valence-electron chi connectivity index (χ4n) is 0.566. The second-order valence-electron chi connectivity index (χ2n) is 2.14. The second-order valence-corrected chi connectivity index (χ2v) is 2.14. The summed E-state index contributed by atoms with van der Waals surface area (Å²) in [7, 11) is 0. The molecule has 0 atom stereocenters. The molecule has 0 aliphatic carbocycles. The van der Waals surface area contributed by atoms with Crippen LogP contribution in [-0.4, -0.2) is 6.72 Å². The van der Waals surface area contributed by atoms with Crippen LogP contribution >= 0.6 is 0 Å². The van der Waals surface area contributed by atoms with Crippen LogP contribution in [0.25, 0.3) is 0 Å². The Morgan fingerprint density at radius 1 is 1.45 bits per heavy atom. The Hall–Kier alpha value is -1.37. The molecule has 11 heavy (non-hydrogen) atoms. The summed E-state index contributed by atoms with van der Waals surface area (Å²) >= 11 is 0. The SMILES string of the molecule is C=C/C=C\C(=C\N=C)C(=C)C. The predicted molar refractivity (Wildman–Crippen MR) is 51.8 cm³/mol. The van der Waals surface area contributed by atoms with Gasteiger partial charge in [0.25, 0.3) is 0 Å². The summed E-state index contributed by atoms with van der Waals surface area (Å²) in [5.41, 5.74) is 1.94. The lowest BCUT2D eigenvalue weighted by Crippen LogP contribution is -1.76. The molecule has 0 N–H and O–H groups in total. The number of hydrogen-bond acceptors (Lipinski definition) is 1. The van der Waals surface area contributed by atoms with Gasteiger partial charge >= 0.3 is 0 Å². The molecule has 0 aliphatic heterocycles. The third-order valence-corrected chi connectivity index (χ3v) is 1.14. The molecule has 0 bridgehead atoms. The molecule has 0 saturated heterocycles. The molecule has 0 saturated carbocycles. The Morgan fingerprint density at radius 2 is 2.09 bits per heavy atom. The molecule has 0 amide bonds. The predicted octanol–water partition coefficient (Wildman–Crippen LogP) is 2.89. The van der Waals surface area contributed by atoms with Crippen LogP contribution in [0.2, 0.25) is 0 Å². The van der Waals surface area contributed by atoms with Gasteiger partial charge in [0.05, 0.1) is 0 Å². The molecule has 0 aromatic heterocycles. The highest BCUT2D eigenvalue weighted by Crippen LogP contribution is 2.07. The van der Waals surface area contributed by atoms with E-state index in [0.29, 0.717) is 0 Å². The highest BCUT2D eigenvalue weighted by Gasteiger charge is 1.88. The first-order valence-corrected chi connectivity index (χ1v) is 3.33. The van der Waals surface area contributed by atoms with Gasteiger partial charge < -0.3 is 0 Å². The number of aliphatic imine (C=N–C) groups is 1. The van der Waals surface area contributed by atoms with Gasteiger partial charge in [0.2, 0.25) is 0 Å². The summed E-state index contributed by atoms with van der Waals surface area (Å²) in [5, 5.41) is 0. The minimum atomic E-state index is 0.968. The standard InChI is InChI=1S/C10H13N/c1-5-6-7-10(8-11-4)9(2)3/h5-8H,1-2,4H2,3H3/b7-6-,10-8-. The lowest BCUT2D eigenvalue weighted by atomic mass is 10.1. The zero-order valence-corrected chi connectivity index (χ0v) is 6.88. The van der Waals surface area contributed by atoms with Gasteiger partial charge in [-0.3, -0.25) is 4.99 Å². The van der Waals surface area contributed by atoms with Crippen LogP contribution in [0.4, 0.5) is 0 Å². The third kappa shape index (κ3) is 4.09. The fourth-order valence-corrected chi connectivity index (χ4v) is 0.566. The molecule has 0 fully saturated rings. The smallest absolute Gasteiger partial charge is 0.0335 e. The first kappa shape index (κ1) is 9.63. The summed E-state index contributed by atoms with van der Waals surface area (Å²) in [6.45, 7) is 12.6. The van der Waals surface area contributed by atoms with Gasteiger partial charge in [0.1, 0.15) is 0 Å². The van der Waals surface area contributed by atoms with Gasteiger partial charge in [0, 0.05) is 6.20 Å². The van der Waals surface area contributed by atoms with Crippen LogP contribution in [0.5, 0.6) is 0 Å². The Balaban J connectivity index is 4.47. The first-order valence-electron chi connectivity index (χ1n) is 3.33. The highest BCUT2D eigenvalue weighted by atomic mass is 14.6. The molecule has 0 heterocycles. The van der Waals surface area contributed by atoms with Gasteiger partial charge in [-0.15, -0.1) is 0 Å². The molecule has 0 aromatic rings. The van der Waals surface area contributed by atoms with Crippen LogP contribution in [0.3, 0.4) is 0 Å². The monoisotopic (exact) mass is 147 g/mol. The Morgan fingerprint density at radius 3 is 2.45 bits per heavy atom. The number of nitrogens with zero attached hydrogens (tertiary/aromatic N) is 1. The quantitative estimate of drug-likeness (QED) is 0.428. The zero-order valence-electron chi connectivity index (χ0n) is 6.88. The van der Waals surface area contributed by atoms with Crippen molar-refractivity contribution >= 4 is 6.72 Å². The van der Waals surface area contributed by atoms with Crippen molar-refractivity contribution in [3.8, 4) is 0 Å². The zero-order chi connectivity index (χ0) is 8.69. The number of rotatable bonds is 4. The summed E-state index contributed by atoms with van der Waals surface area (Å²) in [4.78, 5) is 3.65. The van der Waals surface area contributed by atoms with Crippen molar-refractivity contribution in [3.63, 3.8) is 0 Å². The highest BCUT2D eigenvalue weighted by molar-refractivity contribution is 5.39. The van der Waals surface area contributed by atoms with Gasteiger partial charge in [0.15, 0.2) is 0 Å². The normalized spacial score (nSPS) is 11.5. The summed E-state index contributed by atoms with van der Waals surface area (Å²) in [6.07, 6.45) is 7.11. The topological polar surface area (TPSA) is 12.4 Å². The molecule has 0 unspecified atom stereocenters. The van der Waals surface area contributed by atoms with E-state index in [1.165, 1.54) is 0 Å². The average Bonchev–Trinajstić information content (AvgIpc) is 1.97. The van der Waals surface area contributed by atoms with Gasteiger partial charge in [-0.05, 0) is 24.8 Å². The molecular formula is C10H13N. The van der Waals surface area contributed by atoms with E-state index >= 15 is 0 Å². The van der Waals surface area contributed by atoms with Crippen molar-refractivity contribution in [2.45, 2.75) is 6.92 Å². The molecule has 0 rings (SSSR count). The van der Waals surface area contributed by atoms with E-state index < -0.39 is 0 Å². The van der Waals surface area contributed by atoms with Crippen LogP contribution < -0.4 is 0 Å². The molecule has 1 nitrogen and oxygen atoms in total. The lowest BCUT2D eigenvalue weighted by molar-refractivity contribution is 1.41. The minimum absolute atomic E-state index is 0.968. The van der Waals surface area contributed by atoms with Crippen molar-refractivity contribution in [2.75, 3.05) is 0 Å². The average molecular weight is 147 g/mol. The second kappa shape index (κ2) is 5.42. The first-order chi connectivity index (χ1) is 5.22. The molecule has 1 heteroatoms. The van der Waals surface area contributed by atoms with E-state index in [4.69, 9.17) is 0 Å². The summed E-state index contributed by atoms with van der Waals surface area (Å²) in [6, 6.07) is 0. The number of hydrogen-bond donors (Lipinski definition) is 0. The molecule has 0 aromatic carbocycles. The van der Waals surface area contributed by atoms with E-state index in [-0.39, 0.29) is 0 Å². The third-order valence-electron chi connectivity index (χ3n) is 1.14. The van der Waals surface area contributed by atoms with Crippen LogP contribution in [-0.2, 0) is 0 Å². The maximum atomic E-state index is 3.79. The van der Waals surface area contributed by atoms with Crippen molar-refractivity contribution in [2.24, 2.45) is 4.99 Å². The van der Waals surface area contributed by atoms with E-state index in [9.17, 15) is 0 Å². The van der Waals surface area contributed by atoms with Crippen LogP contribution in [0.1, 0.15) is 6.92 Å². The van der Waals surface area contributed by atoms with Crippen LogP contribution in [0, 0.1) is 0 Å². The van der Waals surface area contributed by atoms with Gasteiger partial charge in [-0.25, -0.2) is 0 Å². The van der Waals surface area contributed by atoms with Crippen molar-refractivity contribution in [3.05, 3.63) is 48.7 Å². The Kier molecular flexibility index (Phi) is 4.74. The molecular weight excluding hydrogens is 134 g/mol. The van der Waals surface area contributed by atoms with Crippen LogP contribution in [0.15, 0.2) is 53.7 Å². The van der Waals surface area contributed by atoms with Gasteiger partial charge in [-0.2, -0.15) is 0 Å². The number of allylic oxidation sites excluding steroid dienone is 5. The maximum Gasteiger partial charge on any atom is 0.0335 e. The van der Waals surface area contributed by atoms with Crippen molar-refractivity contribution in [1.29, 1.82) is 0 Å². The van der Waals surface area contributed by atoms with Gasteiger partial charge in [-0.1, -0.05) is 31.4 Å². The largest absolute Gasteiger partial charge is 0.272 e.